The van der Waals surface area contributed by atoms with Crippen LogP contribution in [0.4, 0.5) is 8.78 Å². The molecule has 0 bridgehead atoms. The summed E-state index contributed by atoms with van der Waals surface area (Å²) in [6.07, 6.45) is 7.63. The molecule has 0 amide bonds. The minimum absolute atomic E-state index is 0.104. The summed E-state index contributed by atoms with van der Waals surface area (Å²) in [6.45, 7) is 6.40. The Morgan fingerprint density at radius 2 is 1.93 bits per heavy atom. The van der Waals surface area contributed by atoms with Gasteiger partial charge in [0.2, 0.25) is 0 Å². The first-order valence-corrected chi connectivity index (χ1v) is 9.95. The van der Waals surface area contributed by atoms with Gasteiger partial charge in [-0.3, -0.25) is 0 Å². The second-order valence-corrected chi connectivity index (χ2v) is 7.37. The minimum Gasteiger partial charge on any atom is -0.494 e. The maximum absolute atomic E-state index is 14.6. The molecule has 27 heavy (non-hydrogen) atoms. The number of hydrogen-bond donors (Lipinski definition) is 0. The number of benzene rings is 2. The Balaban J connectivity index is 1.72. The number of ether oxygens (including phenoxy) is 1. The molecular weight excluding hydrogens is 342 g/mol. The van der Waals surface area contributed by atoms with E-state index in [2.05, 4.69) is 12.6 Å². The Morgan fingerprint density at radius 1 is 1.15 bits per heavy atom. The van der Waals surface area contributed by atoms with Crippen molar-refractivity contribution in [3.63, 3.8) is 0 Å². The highest BCUT2D eigenvalue weighted by Gasteiger charge is 2.26. The van der Waals surface area contributed by atoms with E-state index in [1.807, 2.05) is 25.1 Å². The second-order valence-electron chi connectivity index (χ2n) is 7.37. The molecule has 3 heteroatoms. The molecule has 0 fully saturated rings. The first kappa shape index (κ1) is 19.6. The predicted molar refractivity (Wildman–Crippen MR) is 106 cm³/mol. The van der Waals surface area contributed by atoms with Crippen LogP contribution in [-0.2, 0) is 19.3 Å². The van der Waals surface area contributed by atoms with E-state index in [1.54, 1.807) is 0 Å². The summed E-state index contributed by atoms with van der Waals surface area (Å²) < 4.78 is 35.0. The van der Waals surface area contributed by atoms with Gasteiger partial charge in [-0.2, -0.15) is 0 Å². The lowest BCUT2D eigenvalue weighted by atomic mass is 9.79. The van der Waals surface area contributed by atoms with E-state index in [1.165, 1.54) is 23.3 Å². The summed E-state index contributed by atoms with van der Waals surface area (Å²) >= 11 is 0. The molecule has 1 nitrogen and oxygen atoms in total. The van der Waals surface area contributed by atoms with Crippen LogP contribution in [0.1, 0.15) is 60.8 Å². The van der Waals surface area contributed by atoms with Crippen LogP contribution in [0.25, 0.3) is 0 Å². The van der Waals surface area contributed by atoms with Crippen LogP contribution in [0.5, 0.6) is 5.75 Å². The van der Waals surface area contributed by atoms with Gasteiger partial charge in [-0.15, -0.1) is 6.58 Å². The molecule has 1 aliphatic rings. The van der Waals surface area contributed by atoms with E-state index in [0.29, 0.717) is 19.4 Å². The molecule has 0 heterocycles. The third kappa shape index (κ3) is 4.77. The molecule has 0 spiro atoms. The first-order chi connectivity index (χ1) is 13.1. The monoisotopic (exact) mass is 370 g/mol. The summed E-state index contributed by atoms with van der Waals surface area (Å²) in [6, 6.07) is 9.11. The highest BCUT2D eigenvalue weighted by atomic mass is 19.1. The molecule has 2 aromatic carbocycles. The number of aryl methyl sites for hydroxylation is 2. The van der Waals surface area contributed by atoms with Crippen LogP contribution < -0.4 is 4.74 Å². The van der Waals surface area contributed by atoms with Gasteiger partial charge in [0.1, 0.15) is 17.4 Å². The van der Waals surface area contributed by atoms with Crippen molar-refractivity contribution in [1.82, 2.24) is 0 Å². The highest BCUT2D eigenvalue weighted by molar-refractivity contribution is 5.40. The number of allylic oxidation sites excluding steroid dienone is 1. The topological polar surface area (TPSA) is 9.23 Å². The van der Waals surface area contributed by atoms with Crippen LogP contribution in [0.15, 0.2) is 43.0 Å². The molecule has 0 aliphatic heterocycles. The van der Waals surface area contributed by atoms with Crippen molar-refractivity contribution in [2.24, 2.45) is 0 Å². The Morgan fingerprint density at radius 3 is 2.63 bits per heavy atom. The maximum atomic E-state index is 14.6. The average Bonchev–Trinajstić information content (AvgIpc) is 2.65. The van der Waals surface area contributed by atoms with Gasteiger partial charge < -0.3 is 4.74 Å². The van der Waals surface area contributed by atoms with Gasteiger partial charge in [-0.05, 0) is 85.4 Å². The van der Waals surface area contributed by atoms with Crippen molar-refractivity contribution in [2.45, 2.75) is 57.8 Å². The molecule has 0 saturated carbocycles. The number of halogens is 2. The third-order valence-electron chi connectivity index (χ3n) is 5.31. The van der Waals surface area contributed by atoms with Gasteiger partial charge in [0.25, 0.3) is 0 Å². The van der Waals surface area contributed by atoms with Crippen molar-refractivity contribution >= 4 is 0 Å². The standard InChI is InChI=1S/C24H28F2O/c1-3-5-6-12-27-21-11-10-18-15-20(9-8-19(18)16-21)24-22(25)13-17(7-4-2)14-23(24)26/h3,10-11,13-14,16,20H,1,4-9,12,15H2,2H3. The number of hydrogen-bond acceptors (Lipinski definition) is 1. The highest BCUT2D eigenvalue weighted by Crippen LogP contribution is 2.37. The van der Waals surface area contributed by atoms with E-state index < -0.39 is 11.6 Å². The Labute approximate surface area is 161 Å². The largest absolute Gasteiger partial charge is 0.494 e. The minimum atomic E-state index is -0.394. The number of rotatable bonds is 8. The van der Waals surface area contributed by atoms with Gasteiger partial charge >= 0.3 is 0 Å². The van der Waals surface area contributed by atoms with E-state index in [0.717, 1.165) is 43.4 Å². The zero-order chi connectivity index (χ0) is 19.2. The quantitative estimate of drug-likeness (QED) is 0.379. The fraction of sp³-hybridized carbons (Fsp3) is 0.417. The van der Waals surface area contributed by atoms with Crippen molar-refractivity contribution in [3.05, 3.63) is 76.9 Å². The van der Waals surface area contributed by atoms with Crippen LogP contribution in [0.2, 0.25) is 0 Å². The Kier molecular flexibility index (Phi) is 6.65. The number of fused-ring (bicyclic) bond motifs is 1. The molecular formula is C24H28F2O. The van der Waals surface area contributed by atoms with Gasteiger partial charge in [0.15, 0.2) is 0 Å². The Bertz CT molecular complexity index is 774. The van der Waals surface area contributed by atoms with Crippen molar-refractivity contribution in [3.8, 4) is 5.75 Å². The summed E-state index contributed by atoms with van der Waals surface area (Å²) in [7, 11) is 0. The first-order valence-electron chi connectivity index (χ1n) is 9.95. The van der Waals surface area contributed by atoms with Gasteiger partial charge in [0.05, 0.1) is 6.61 Å². The van der Waals surface area contributed by atoms with Gasteiger partial charge in [-0.25, -0.2) is 8.78 Å². The summed E-state index contributed by atoms with van der Waals surface area (Å²) in [5.74, 6) is -0.0202. The van der Waals surface area contributed by atoms with E-state index in [9.17, 15) is 8.78 Å². The van der Waals surface area contributed by atoms with Crippen LogP contribution in [-0.4, -0.2) is 6.61 Å². The fourth-order valence-electron chi connectivity index (χ4n) is 3.95. The van der Waals surface area contributed by atoms with E-state index in [-0.39, 0.29) is 11.5 Å². The Hall–Kier alpha value is -2.16. The lowest BCUT2D eigenvalue weighted by Gasteiger charge is -2.26. The van der Waals surface area contributed by atoms with Gasteiger partial charge in [0, 0.05) is 5.56 Å². The molecule has 1 aliphatic carbocycles. The third-order valence-corrected chi connectivity index (χ3v) is 5.31. The SMILES string of the molecule is C=CCCCOc1ccc2c(c1)CCC(c1c(F)cc(CCC)cc1F)C2. The zero-order valence-corrected chi connectivity index (χ0v) is 16.1. The maximum Gasteiger partial charge on any atom is 0.129 e. The molecule has 0 saturated heterocycles. The molecule has 144 valence electrons. The van der Waals surface area contributed by atoms with Crippen molar-refractivity contribution in [1.29, 1.82) is 0 Å². The lowest BCUT2D eigenvalue weighted by Crippen LogP contribution is -2.16. The summed E-state index contributed by atoms with van der Waals surface area (Å²) in [4.78, 5) is 0. The molecule has 0 radical (unpaired) electrons. The normalized spacial score (nSPS) is 16.0. The lowest BCUT2D eigenvalue weighted by molar-refractivity contribution is 0.311. The fourth-order valence-corrected chi connectivity index (χ4v) is 3.95. The smallest absolute Gasteiger partial charge is 0.129 e. The van der Waals surface area contributed by atoms with Crippen molar-refractivity contribution in [2.75, 3.05) is 6.61 Å². The summed E-state index contributed by atoms with van der Waals surface area (Å²) in [5.41, 5.74) is 3.40. The average molecular weight is 370 g/mol. The molecule has 0 N–H and O–H groups in total. The predicted octanol–water partition coefficient (Wildman–Crippen LogP) is 6.53. The summed E-state index contributed by atoms with van der Waals surface area (Å²) in [5, 5.41) is 0. The molecule has 0 aromatic heterocycles. The van der Waals surface area contributed by atoms with Crippen molar-refractivity contribution < 1.29 is 13.5 Å². The molecule has 2 aromatic rings. The van der Waals surface area contributed by atoms with Crippen LogP contribution >= 0.6 is 0 Å². The van der Waals surface area contributed by atoms with Crippen LogP contribution in [0, 0.1) is 11.6 Å². The van der Waals surface area contributed by atoms with Gasteiger partial charge in [-0.1, -0.05) is 25.5 Å². The van der Waals surface area contributed by atoms with E-state index in [4.69, 9.17) is 4.74 Å². The van der Waals surface area contributed by atoms with E-state index >= 15 is 0 Å². The second kappa shape index (κ2) is 9.16. The zero-order valence-electron chi connectivity index (χ0n) is 16.1. The molecule has 1 unspecified atom stereocenters. The molecule has 3 rings (SSSR count). The number of unbranched alkanes of at least 4 members (excludes halogenated alkanes) is 1. The molecule has 1 atom stereocenters. The van der Waals surface area contributed by atoms with Crippen LogP contribution in [0.3, 0.4) is 0 Å².